The first-order valence-electron chi connectivity index (χ1n) is 8.83. The van der Waals surface area contributed by atoms with Crippen LogP contribution in [0.2, 0.25) is 5.02 Å². The summed E-state index contributed by atoms with van der Waals surface area (Å²) in [7, 11) is 0. The minimum absolute atomic E-state index is 0.0590. The van der Waals surface area contributed by atoms with E-state index in [4.69, 9.17) is 16.3 Å². The zero-order chi connectivity index (χ0) is 19.9. The van der Waals surface area contributed by atoms with Crippen LogP contribution in [0.4, 0.5) is 11.4 Å². The normalized spacial score (nSPS) is 14.9. The first-order valence-corrected chi connectivity index (χ1v) is 9.21. The Morgan fingerprint density at radius 2 is 1.93 bits per heavy atom. The molecule has 0 atom stereocenters. The van der Waals surface area contributed by atoms with Gasteiger partial charge in [0.2, 0.25) is 5.91 Å². The molecule has 8 heteroatoms. The molecule has 1 N–H and O–H groups in total. The van der Waals surface area contributed by atoms with Crippen molar-refractivity contribution in [3.63, 3.8) is 0 Å². The van der Waals surface area contributed by atoms with E-state index in [1.54, 1.807) is 6.07 Å². The van der Waals surface area contributed by atoms with Crippen LogP contribution in [0.25, 0.3) is 6.08 Å². The van der Waals surface area contributed by atoms with Gasteiger partial charge in [0.25, 0.3) is 5.69 Å². The standard InChI is InChI=1S/C20H20ClN3O4/c21-18-7-3-15(13-19(18)24(26)27)4-8-20(25)22-17-5-1-16(2-6-17)14-23-9-11-28-12-10-23/h1-8,13H,9-12,14H2,(H,22,25)/b8-4+. The van der Waals surface area contributed by atoms with Crippen molar-refractivity contribution in [2.45, 2.75) is 6.54 Å². The number of rotatable bonds is 6. The second-order valence-corrected chi connectivity index (χ2v) is 6.78. The van der Waals surface area contributed by atoms with Gasteiger partial charge >= 0.3 is 0 Å². The van der Waals surface area contributed by atoms with Gasteiger partial charge < -0.3 is 10.1 Å². The highest BCUT2D eigenvalue weighted by atomic mass is 35.5. The molecule has 28 heavy (non-hydrogen) atoms. The van der Waals surface area contributed by atoms with Crippen molar-refractivity contribution >= 4 is 35.0 Å². The van der Waals surface area contributed by atoms with Gasteiger partial charge in [-0.1, -0.05) is 29.8 Å². The summed E-state index contributed by atoms with van der Waals surface area (Å²) < 4.78 is 5.34. The Kier molecular flexibility index (Phi) is 6.76. The van der Waals surface area contributed by atoms with E-state index >= 15 is 0 Å². The van der Waals surface area contributed by atoms with Crippen molar-refractivity contribution in [3.8, 4) is 0 Å². The van der Waals surface area contributed by atoms with Crippen LogP contribution in [0.5, 0.6) is 0 Å². The summed E-state index contributed by atoms with van der Waals surface area (Å²) in [5.74, 6) is -0.321. The van der Waals surface area contributed by atoms with E-state index < -0.39 is 4.92 Å². The van der Waals surface area contributed by atoms with E-state index in [0.717, 1.165) is 32.8 Å². The van der Waals surface area contributed by atoms with Crippen molar-refractivity contribution < 1.29 is 14.5 Å². The van der Waals surface area contributed by atoms with E-state index in [0.29, 0.717) is 11.3 Å². The lowest BCUT2D eigenvalue weighted by Gasteiger charge is -2.26. The zero-order valence-electron chi connectivity index (χ0n) is 15.1. The molecule has 1 fully saturated rings. The van der Waals surface area contributed by atoms with E-state index in [1.807, 2.05) is 24.3 Å². The maximum absolute atomic E-state index is 12.1. The molecule has 1 aliphatic rings. The smallest absolute Gasteiger partial charge is 0.288 e. The molecule has 1 saturated heterocycles. The summed E-state index contributed by atoms with van der Waals surface area (Å²) in [5, 5.41) is 13.7. The summed E-state index contributed by atoms with van der Waals surface area (Å²) in [6, 6.07) is 12.1. The third-order valence-electron chi connectivity index (χ3n) is 4.33. The van der Waals surface area contributed by atoms with Gasteiger partial charge in [-0.3, -0.25) is 19.8 Å². The number of ether oxygens (including phenoxy) is 1. The Balaban J connectivity index is 1.56. The number of carbonyl (C=O) groups excluding carboxylic acids is 1. The molecule has 1 aliphatic heterocycles. The number of hydrogen-bond acceptors (Lipinski definition) is 5. The van der Waals surface area contributed by atoms with Crippen molar-refractivity contribution in [3.05, 3.63) is 74.8 Å². The van der Waals surface area contributed by atoms with Gasteiger partial charge in [0.05, 0.1) is 18.1 Å². The zero-order valence-corrected chi connectivity index (χ0v) is 15.9. The summed E-state index contributed by atoms with van der Waals surface area (Å²) in [6.07, 6.45) is 2.83. The highest BCUT2D eigenvalue weighted by Crippen LogP contribution is 2.25. The molecule has 0 spiro atoms. The molecule has 3 rings (SSSR count). The average Bonchev–Trinajstić information content (AvgIpc) is 2.69. The highest BCUT2D eigenvalue weighted by Gasteiger charge is 2.12. The summed E-state index contributed by atoms with van der Waals surface area (Å²) in [5.41, 5.74) is 2.18. The van der Waals surface area contributed by atoms with Gasteiger partial charge in [-0.25, -0.2) is 0 Å². The number of carbonyl (C=O) groups is 1. The van der Waals surface area contributed by atoms with Gasteiger partial charge in [0.1, 0.15) is 5.02 Å². The number of nitrogens with zero attached hydrogens (tertiary/aromatic N) is 2. The van der Waals surface area contributed by atoms with Crippen LogP contribution in [0.15, 0.2) is 48.5 Å². The number of nitro benzene ring substituents is 1. The lowest BCUT2D eigenvalue weighted by atomic mass is 10.1. The van der Waals surface area contributed by atoms with E-state index in [1.165, 1.54) is 29.8 Å². The summed E-state index contributed by atoms with van der Waals surface area (Å²) in [6.45, 7) is 4.22. The molecule has 0 aromatic heterocycles. The Morgan fingerprint density at radius 1 is 1.21 bits per heavy atom. The number of nitro groups is 1. The molecular formula is C20H20ClN3O4. The van der Waals surface area contributed by atoms with Gasteiger partial charge in [-0.2, -0.15) is 0 Å². The van der Waals surface area contributed by atoms with Crippen LogP contribution in [0.3, 0.4) is 0 Å². The van der Waals surface area contributed by atoms with E-state index in [2.05, 4.69) is 10.2 Å². The molecular weight excluding hydrogens is 382 g/mol. The Labute approximate surface area is 167 Å². The molecule has 7 nitrogen and oxygen atoms in total. The number of morpholine rings is 1. The van der Waals surface area contributed by atoms with Gasteiger partial charge in [0.15, 0.2) is 0 Å². The van der Waals surface area contributed by atoms with Crippen LogP contribution in [-0.2, 0) is 16.1 Å². The average molecular weight is 402 g/mol. The number of anilines is 1. The molecule has 2 aromatic carbocycles. The number of halogens is 1. The topological polar surface area (TPSA) is 84.7 Å². The summed E-state index contributed by atoms with van der Waals surface area (Å²) >= 11 is 5.78. The quantitative estimate of drug-likeness (QED) is 0.453. The van der Waals surface area contributed by atoms with E-state index in [9.17, 15) is 14.9 Å². The maximum Gasteiger partial charge on any atom is 0.288 e. The minimum atomic E-state index is -0.557. The fourth-order valence-electron chi connectivity index (χ4n) is 2.84. The Morgan fingerprint density at radius 3 is 2.61 bits per heavy atom. The highest BCUT2D eigenvalue weighted by molar-refractivity contribution is 6.32. The number of benzene rings is 2. The maximum atomic E-state index is 12.1. The fraction of sp³-hybridized carbons (Fsp3) is 0.250. The first kappa shape index (κ1) is 20.0. The second kappa shape index (κ2) is 9.45. The third-order valence-corrected chi connectivity index (χ3v) is 4.65. The molecule has 1 heterocycles. The van der Waals surface area contributed by atoms with Crippen LogP contribution < -0.4 is 5.32 Å². The minimum Gasteiger partial charge on any atom is -0.379 e. The van der Waals surface area contributed by atoms with Crippen LogP contribution in [0, 0.1) is 10.1 Å². The van der Waals surface area contributed by atoms with Crippen molar-refractivity contribution in [1.82, 2.24) is 4.90 Å². The van der Waals surface area contributed by atoms with Crippen LogP contribution in [-0.4, -0.2) is 42.0 Å². The molecule has 2 aromatic rings. The van der Waals surface area contributed by atoms with Crippen molar-refractivity contribution in [1.29, 1.82) is 0 Å². The van der Waals surface area contributed by atoms with Gasteiger partial charge in [-0.15, -0.1) is 0 Å². The molecule has 0 unspecified atom stereocenters. The first-order chi connectivity index (χ1) is 13.5. The molecule has 0 aliphatic carbocycles. The number of nitrogens with one attached hydrogen (secondary N) is 1. The molecule has 146 valence electrons. The monoisotopic (exact) mass is 401 g/mol. The van der Waals surface area contributed by atoms with Crippen LogP contribution in [0.1, 0.15) is 11.1 Å². The predicted molar refractivity (Wildman–Crippen MR) is 108 cm³/mol. The van der Waals surface area contributed by atoms with Gasteiger partial charge in [-0.05, 0) is 35.4 Å². The third kappa shape index (κ3) is 5.63. The SMILES string of the molecule is O=C(/C=C/c1ccc(Cl)c([N+](=O)[O-])c1)Nc1ccc(CN2CCOCC2)cc1. The lowest BCUT2D eigenvalue weighted by Crippen LogP contribution is -2.35. The predicted octanol–water partition coefficient (Wildman–Crippen LogP) is 3.73. The summed E-state index contributed by atoms with van der Waals surface area (Å²) in [4.78, 5) is 24.8. The lowest BCUT2D eigenvalue weighted by molar-refractivity contribution is -0.384. The Bertz CT molecular complexity index is 878. The molecule has 0 radical (unpaired) electrons. The Hall–Kier alpha value is -2.74. The van der Waals surface area contributed by atoms with Gasteiger partial charge in [0, 0.05) is 37.5 Å². The second-order valence-electron chi connectivity index (χ2n) is 6.38. The molecule has 0 bridgehead atoms. The number of amides is 1. The molecule has 1 amide bonds. The largest absolute Gasteiger partial charge is 0.379 e. The van der Waals surface area contributed by atoms with Crippen molar-refractivity contribution in [2.24, 2.45) is 0 Å². The van der Waals surface area contributed by atoms with Crippen molar-refractivity contribution in [2.75, 3.05) is 31.6 Å². The molecule has 0 saturated carbocycles. The fourth-order valence-corrected chi connectivity index (χ4v) is 3.03. The van der Waals surface area contributed by atoms with E-state index in [-0.39, 0.29) is 16.6 Å². The van der Waals surface area contributed by atoms with Crippen LogP contribution >= 0.6 is 11.6 Å². The number of hydrogen-bond donors (Lipinski definition) is 1.